The van der Waals surface area contributed by atoms with Gasteiger partial charge in [-0.3, -0.25) is 4.99 Å². The third kappa shape index (κ3) is 5.21. The fourth-order valence-electron chi connectivity index (χ4n) is 3.05. The van der Waals surface area contributed by atoms with Crippen LogP contribution >= 0.6 is 24.0 Å². The van der Waals surface area contributed by atoms with Crippen molar-refractivity contribution in [3.63, 3.8) is 0 Å². The molecule has 1 unspecified atom stereocenters. The van der Waals surface area contributed by atoms with Gasteiger partial charge in [0, 0.05) is 26.2 Å². The van der Waals surface area contributed by atoms with Gasteiger partial charge in [-0.05, 0) is 38.5 Å². The second-order valence-corrected chi connectivity index (χ2v) is 7.42. The third-order valence-corrected chi connectivity index (χ3v) is 4.20. The standard InChI is InChI=1S/C18H25FN4O2.HI/c1-18(2,3)25-17(24)22-7-8-23-15(12-22)11-21-16(23)20-10-13-5-4-6-14(19)9-13;/h4-6,9,15H,7-8,10-12H2,1-3H3,(H,20,21);1H. The Kier molecular flexibility index (Phi) is 6.70. The number of piperazine rings is 1. The minimum Gasteiger partial charge on any atom is -0.444 e. The van der Waals surface area contributed by atoms with Crippen molar-refractivity contribution in [3.8, 4) is 0 Å². The van der Waals surface area contributed by atoms with Gasteiger partial charge in [0.1, 0.15) is 11.4 Å². The maximum Gasteiger partial charge on any atom is 0.410 e. The van der Waals surface area contributed by atoms with E-state index in [-0.39, 0.29) is 41.9 Å². The number of aliphatic imine (C=N–C) groups is 1. The number of amides is 1. The molecule has 3 rings (SSSR count). The van der Waals surface area contributed by atoms with E-state index < -0.39 is 5.60 Å². The lowest BCUT2D eigenvalue weighted by Crippen LogP contribution is -2.57. The van der Waals surface area contributed by atoms with E-state index in [0.29, 0.717) is 32.7 Å². The van der Waals surface area contributed by atoms with Gasteiger partial charge in [-0.2, -0.15) is 0 Å². The van der Waals surface area contributed by atoms with Gasteiger partial charge in [-0.15, -0.1) is 24.0 Å². The minimum absolute atomic E-state index is 0. The molecule has 1 atom stereocenters. The molecular weight excluding hydrogens is 450 g/mol. The Morgan fingerprint density at radius 3 is 2.85 bits per heavy atom. The lowest BCUT2D eigenvalue weighted by atomic mass is 10.2. The summed E-state index contributed by atoms with van der Waals surface area (Å²) in [6, 6.07) is 6.69. The largest absolute Gasteiger partial charge is 0.444 e. The van der Waals surface area contributed by atoms with Crippen LogP contribution in [0.5, 0.6) is 0 Å². The fourth-order valence-corrected chi connectivity index (χ4v) is 3.05. The first-order valence-electron chi connectivity index (χ1n) is 8.59. The van der Waals surface area contributed by atoms with Crippen molar-refractivity contribution >= 4 is 36.0 Å². The van der Waals surface area contributed by atoms with Gasteiger partial charge in [0.15, 0.2) is 5.96 Å². The average molecular weight is 476 g/mol. The summed E-state index contributed by atoms with van der Waals surface area (Å²) in [5.41, 5.74) is 0.386. The first kappa shape index (κ1) is 20.7. The van der Waals surface area contributed by atoms with Gasteiger partial charge >= 0.3 is 6.09 Å². The number of carbonyl (C=O) groups is 1. The Morgan fingerprint density at radius 2 is 2.15 bits per heavy atom. The first-order chi connectivity index (χ1) is 11.8. The molecule has 0 bridgehead atoms. The average Bonchev–Trinajstić information content (AvgIpc) is 2.93. The molecule has 1 saturated heterocycles. The maximum atomic E-state index is 13.3. The van der Waals surface area contributed by atoms with Crippen molar-refractivity contribution in [2.45, 2.75) is 39.0 Å². The van der Waals surface area contributed by atoms with E-state index in [2.05, 4.69) is 15.2 Å². The van der Waals surface area contributed by atoms with Gasteiger partial charge in [0.05, 0.1) is 12.6 Å². The molecule has 0 aliphatic carbocycles. The number of nitrogens with zero attached hydrogens (tertiary/aromatic N) is 3. The first-order valence-corrected chi connectivity index (χ1v) is 8.59. The van der Waals surface area contributed by atoms with Crippen LogP contribution in [0.1, 0.15) is 26.3 Å². The van der Waals surface area contributed by atoms with Gasteiger partial charge < -0.3 is 19.9 Å². The Labute approximate surface area is 170 Å². The summed E-state index contributed by atoms with van der Waals surface area (Å²) in [7, 11) is 0. The van der Waals surface area contributed by atoms with Crippen LogP contribution in [0.4, 0.5) is 9.18 Å². The number of hydrogen-bond donors (Lipinski definition) is 1. The minimum atomic E-state index is -0.488. The highest BCUT2D eigenvalue weighted by molar-refractivity contribution is 14.0. The Hall–Kier alpha value is -1.58. The van der Waals surface area contributed by atoms with E-state index in [1.807, 2.05) is 26.8 Å². The van der Waals surface area contributed by atoms with Crippen LogP contribution < -0.4 is 5.32 Å². The van der Waals surface area contributed by atoms with E-state index in [1.54, 1.807) is 11.0 Å². The van der Waals surface area contributed by atoms with Crippen LogP contribution in [0, 0.1) is 5.82 Å². The van der Waals surface area contributed by atoms with Gasteiger partial charge in [-0.1, -0.05) is 12.1 Å². The highest BCUT2D eigenvalue weighted by Gasteiger charge is 2.36. The molecule has 1 aromatic rings. The number of hydrogen-bond acceptors (Lipinski definition) is 5. The van der Waals surface area contributed by atoms with Crippen LogP contribution in [-0.4, -0.2) is 59.7 Å². The van der Waals surface area contributed by atoms with Crippen LogP contribution in [0.25, 0.3) is 0 Å². The predicted octanol–water partition coefficient (Wildman–Crippen LogP) is 2.82. The Morgan fingerprint density at radius 1 is 1.38 bits per heavy atom. The molecule has 1 fully saturated rings. The second-order valence-electron chi connectivity index (χ2n) is 7.42. The van der Waals surface area contributed by atoms with Crippen molar-refractivity contribution in [1.82, 2.24) is 15.1 Å². The number of ether oxygens (including phenoxy) is 1. The van der Waals surface area contributed by atoms with E-state index in [4.69, 9.17) is 4.74 Å². The van der Waals surface area contributed by atoms with E-state index in [1.165, 1.54) is 12.1 Å². The number of carbonyl (C=O) groups excluding carboxylic acids is 1. The SMILES string of the molecule is CC(C)(C)OC(=O)N1CCN2C(NCc3cccc(F)c3)=NCC2C1.I. The van der Waals surface area contributed by atoms with Gasteiger partial charge in [0.2, 0.25) is 0 Å². The zero-order chi connectivity index (χ0) is 18.0. The molecule has 26 heavy (non-hydrogen) atoms. The molecule has 144 valence electrons. The highest BCUT2D eigenvalue weighted by atomic mass is 127. The van der Waals surface area contributed by atoms with Crippen molar-refractivity contribution < 1.29 is 13.9 Å². The number of fused-ring (bicyclic) bond motifs is 1. The van der Waals surface area contributed by atoms with Crippen molar-refractivity contribution in [1.29, 1.82) is 0 Å². The van der Waals surface area contributed by atoms with E-state index >= 15 is 0 Å². The van der Waals surface area contributed by atoms with Crippen LogP contribution in [0.15, 0.2) is 29.3 Å². The zero-order valence-electron chi connectivity index (χ0n) is 15.4. The molecular formula is C18H26FIN4O2. The molecule has 6 nitrogen and oxygen atoms in total. The number of nitrogens with one attached hydrogen (secondary N) is 1. The quantitative estimate of drug-likeness (QED) is 0.668. The highest BCUT2D eigenvalue weighted by Crippen LogP contribution is 2.18. The fraction of sp³-hybridized carbons (Fsp3) is 0.556. The predicted molar refractivity (Wildman–Crippen MR) is 109 cm³/mol. The topological polar surface area (TPSA) is 57.2 Å². The summed E-state index contributed by atoms with van der Waals surface area (Å²) < 4.78 is 18.7. The molecule has 0 spiro atoms. The summed E-state index contributed by atoms with van der Waals surface area (Å²) in [6.45, 7) is 8.69. The number of halogens is 2. The lowest BCUT2D eigenvalue weighted by Gasteiger charge is -2.39. The molecule has 0 radical (unpaired) electrons. The maximum absolute atomic E-state index is 13.3. The summed E-state index contributed by atoms with van der Waals surface area (Å²) in [5.74, 6) is 0.578. The van der Waals surface area contributed by atoms with Crippen molar-refractivity contribution in [3.05, 3.63) is 35.6 Å². The number of guanidine groups is 1. The number of benzene rings is 1. The van der Waals surface area contributed by atoms with Gasteiger partial charge in [-0.25, -0.2) is 9.18 Å². The molecule has 2 heterocycles. The monoisotopic (exact) mass is 476 g/mol. The molecule has 1 aromatic carbocycles. The second kappa shape index (κ2) is 8.41. The molecule has 2 aliphatic heterocycles. The normalized spacial score (nSPS) is 19.4. The smallest absolute Gasteiger partial charge is 0.410 e. The molecule has 1 N–H and O–H groups in total. The van der Waals surface area contributed by atoms with E-state index in [0.717, 1.165) is 11.5 Å². The summed E-state index contributed by atoms with van der Waals surface area (Å²) in [5, 5.41) is 3.28. The van der Waals surface area contributed by atoms with Crippen LogP contribution in [-0.2, 0) is 11.3 Å². The summed E-state index contributed by atoms with van der Waals surface area (Å²) >= 11 is 0. The lowest BCUT2D eigenvalue weighted by molar-refractivity contribution is 0.0137. The van der Waals surface area contributed by atoms with Crippen LogP contribution in [0.3, 0.4) is 0 Å². The van der Waals surface area contributed by atoms with Crippen molar-refractivity contribution in [2.24, 2.45) is 4.99 Å². The van der Waals surface area contributed by atoms with Crippen LogP contribution in [0.2, 0.25) is 0 Å². The third-order valence-electron chi connectivity index (χ3n) is 4.20. The molecule has 0 saturated carbocycles. The van der Waals surface area contributed by atoms with Gasteiger partial charge in [0.25, 0.3) is 0 Å². The Bertz CT molecular complexity index is 677. The number of rotatable bonds is 2. The Balaban J connectivity index is 0.00000243. The molecule has 0 aromatic heterocycles. The van der Waals surface area contributed by atoms with E-state index in [9.17, 15) is 9.18 Å². The molecule has 8 heteroatoms. The van der Waals surface area contributed by atoms with Crippen molar-refractivity contribution in [2.75, 3.05) is 26.2 Å². The zero-order valence-corrected chi connectivity index (χ0v) is 17.7. The summed E-state index contributed by atoms with van der Waals surface area (Å²) in [4.78, 5) is 20.7. The molecule has 2 aliphatic rings. The summed E-state index contributed by atoms with van der Waals surface area (Å²) in [6.07, 6.45) is -0.270. The molecule has 1 amide bonds.